The van der Waals surface area contributed by atoms with Crippen molar-refractivity contribution in [3.63, 3.8) is 0 Å². The van der Waals surface area contributed by atoms with Crippen LogP contribution in [0.5, 0.6) is 5.75 Å². The Balaban J connectivity index is 1.63. The Morgan fingerprint density at radius 3 is 2.67 bits per heavy atom. The number of furan rings is 1. The highest BCUT2D eigenvalue weighted by Crippen LogP contribution is 2.31. The van der Waals surface area contributed by atoms with Crippen molar-refractivity contribution in [3.8, 4) is 17.1 Å². The van der Waals surface area contributed by atoms with Gasteiger partial charge < -0.3 is 9.52 Å². The molecule has 132 valence electrons. The van der Waals surface area contributed by atoms with Crippen LogP contribution >= 0.6 is 0 Å². The Labute approximate surface area is 154 Å². The van der Waals surface area contributed by atoms with Gasteiger partial charge in [0, 0.05) is 11.5 Å². The minimum Gasteiger partial charge on any atom is -0.506 e. The lowest BCUT2D eigenvalue weighted by Gasteiger charge is -2.01. The summed E-state index contributed by atoms with van der Waals surface area (Å²) in [5.74, 6) is 1.09. The maximum atomic E-state index is 11.2. The van der Waals surface area contributed by atoms with E-state index in [1.165, 1.54) is 6.07 Å². The minimum atomic E-state index is -0.432. The first kappa shape index (κ1) is 16.5. The summed E-state index contributed by atoms with van der Waals surface area (Å²) in [5, 5.41) is 21.9. The number of benzene rings is 2. The van der Waals surface area contributed by atoms with E-state index in [4.69, 9.17) is 4.42 Å². The average Bonchev–Trinajstić information content (AvgIpc) is 3.16. The minimum absolute atomic E-state index is 0.00551. The lowest BCUT2D eigenvalue weighted by Crippen LogP contribution is -1.90. The van der Waals surface area contributed by atoms with Crippen molar-refractivity contribution >= 4 is 28.7 Å². The molecule has 2 aromatic heterocycles. The molecule has 4 rings (SSSR count). The van der Waals surface area contributed by atoms with E-state index in [1.807, 2.05) is 18.2 Å². The standard InChI is InChI=1S/C21H14N2O4/c24-19-7-3-4-14-8-9-15(22-21(14)19)10-11-16-12-13-20(27-16)17-5-1-2-6-18(17)23(25)26/h1-13,24H. The Morgan fingerprint density at radius 2 is 1.81 bits per heavy atom. The summed E-state index contributed by atoms with van der Waals surface area (Å²) in [4.78, 5) is 15.2. The van der Waals surface area contributed by atoms with Crippen molar-refractivity contribution in [2.45, 2.75) is 0 Å². The van der Waals surface area contributed by atoms with Gasteiger partial charge >= 0.3 is 0 Å². The summed E-state index contributed by atoms with van der Waals surface area (Å²) in [6, 6.07) is 18.8. The van der Waals surface area contributed by atoms with Crippen LogP contribution in [0.15, 0.2) is 71.1 Å². The highest BCUT2D eigenvalue weighted by molar-refractivity contribution is 5.85. The fourth-order valence-electron chi connectivity index (χ4n) is 2.84. The van der Waals surface area contributed by atoms with Crippen LogP contribution in [0.1, 0.15) is 11.5 Å². The number of nitro benzene ring substituents is 1. The fraction of sp³-hybridized carbons (Fsp3) is 0. The number of phenolic OH excluding ortho intramolecular Hbond substituents is 1. The number of hydrogen-bond acceptors (Lipinski definition) is 5. The van der Waals surface area contributed by atoms with Gasteiger partial charge in [0.2, 0.25) is 0 Å². The molecule has 27 heavy (non-hydrogen) atoms. The monoisotopic (exact) mass is 358 g/mol. The van der Waals surface area contributed by atoms with Crippen LogP contribution in [-0.4, -0.2) is 15.0 Å². The predicted octanol–water partition coefficient (Wildman–Crippen LogP) is 5.28. The molecule has 0 bridgehead atoms. The quantitative estimate of drug-likeness (QED) is 0.396. The predicted molar refractivity (Wildman–Crippen MR) is 103 cm³/mol. The Morgan fingerprint density at radius 1 is 0.963 bits per heavy atom. The first-order chi connectivity index (χ1) is 13.1. The number of fused-ring (bicyclic) bond motifs is 1. The second kappa shape index (κ2) is 6.76. The molecule has 1 N–H and O–H groups in total. The number of hydrogen-bond donors (Lipinski definition) is 1. The number of phenols is 1. The van der Waals surface area contributed by atoms with E-state index >= 15 is 0 Å². The average molecular weight is 358 g/mol. The lowest BCUT2D eigenvalue weighted by atomic mass is 10.1. The molecule has 0 amide bonds. The molecule has 0 atom stereocenters. The van der Waals surface area contributed by atoms with Crippen LogP contribution in [0.3, 0.4) is 0 Å². The van der Waals surface area contributed by atoms with Crippen LogP contribution < -0.4 is 0 Å². The van der Waals surface area contributed by atoms with E-state index in [9.17, 15) is 15.2 Å². The molecule has 0 aliphatic heterocycles. The molecule has 0 aliphatic rings. The summed E-state index contributed by atoms with van der Waals surface area (Å²) in [7, 11) is 0. The van der Waals surface area contributed by atoms with Crippen molar-refractivity contribution in [2.75, 3.05) is 0 Å². The van der Waals surface area contributed by atoms with Gasteiger partial charge in [-0.2, -0.15) is 0 Å². The van der Waals surface area contributed by atoms with Crippen molar-refractivity contribution in [1.29, 1.82) is 0 Å². The van der Waals surface area contributed by atoms with Gasteiger partial charge in [0.1, 0.15) is 22.8 Å². The van der Waals surface area contributed by atoms with Crippen LogP contribution in [-0.2, 0) is 0 Å². The smallest absolute Gasteiger partial charge is 0.280 e. The first-order valence-electron chi connectivity index (χ1n) is 8.22. The molecule has 0 unspecified atom stereocenters. The largest absolute Gasteiger partial charge is 0.506 e. The molecule has 0 saturated heterocycles. The van der Waals surface area contributed by atoms with Crippen LogP contribution in [0.4, 0.5) is 5.69 Å². The zero-order valence-corrected chi connectivity index (χ0v) is 14.1. The molecular formula is C21H14N2O4. The van der Waals surface area contributed by atoms with E-state index < -0.39 is 4.92 Å². The third-order valence-electron chi connectivity index (χ3n) is 4.13. The molecule has 2 aromatic carbocycles. The molecule has 4 aromatic rings. The molecule has 0 aliphatic carbocycles. The van der Waals surface area contributed by atoms with Crippen molar-refractivity contribution in [3.05, 3.63) is 88.3 Å². The Kier molecular flexibility index (Phi) is 4.14. The number of rotatable bonds is 4. The lowest BCUT2D eigenvalue weighted by molar-refractivity contribution is -0.384. The molecule has 0 spiro atoms. The maximum absolute atomic E-state index is 11.2. The molecule has 0 fully saturated rings. The van der Waals surface area contributed by atoms with Crippen molar-refractivity contribution in [1.82, 2.24) is 4.98 Å². The molecule has 0 radical (unpaired) electrons. The Hall–Kier alpha value is -3.93. The van der Waals surface area contributed by atoms with E-state index in [-0.39, 0.29) is 11.4 Å². The van der Waals surface area contributed by atoms with E-state index in [0.29, 0.717) is 28.3 Å². The molecule has 6 nitrogen and oxygen atoms in total. The van der Waals surface area contributed by atoms with Gasteiger partial charge in [-0.1, -0.05) is 30.3 Å². The summed E-state index contributed by atoms with van der Waals surface area (Å²) in [5.41, 5.74) is 1.61. The number of pyridine rings is 1. The van der Waals surface area contributed by atoms with Crippen LogP contribution in [0, 0.1) is 10.1 Å². The van der Waals surface area contributed by atoms with E-state index in [2.05, 4.69) is 4.98 Å². The third kappa shape index (κ3) is 3.28. The number of aromatic nitrogens is 1. The number of nitro groups is 1. The molecule has 2 heterocycles. The first-order valence-corrected chi connectivity index (χ1v) is 8.22. The normalized spacial score (nSPS) is 11.3. The molecular weight excluding hydrogens is 344 g/mol. The van der Waals surface area contributed by atoms with Gasteiger partial charge in [0.15, 0.2) is 0 Å². The van der Waals surface area contributed by atoms with E-state index in [0.717, 1.165) is 5.39 Å². The van der Waals surface area contributed by atoms with Gasteiger partial charge in [-0.3, -0.25) is 10.1 Å². The van der Waals surface area contributed by atoms with Crippen LogP contribution in [0.2, 0.25) is 0 Å². The molecule has 0 saturated carbocycles. The second-order valence-corrected chi connectivity index (χ2v) is 5.89. The topological polar surface area (TPSA) is 89.4 Å². The van der Waals surface area contributed by atoms with Gasteiger partial charge in [-0.25, -0.2) is 4.98 Å². The van der Waals surface area contributed by atoms with Gasteiger partial charge in [-0.05, 0) is 42.5 Å². The second-order valence-electron chi connectivity index (χ2n) is 5.89. The SMILES string of the molecule is O=[N+]([O-])c1ccccc1-c1ccc(C=Cc2ccc3cccc(O)c3n2)o1. The van der Waals surface area contributed by atoms with Gasteiger partial charge in [-0.15, -0.1) is 0 Å². The highest BCUT2D eigenvalue weighted by Gasteiger charge is 2.16. The summed E-state index contributed by atoms with van der Waals surface area (Å²) in [6.07, 6.45) is 3.49. The fourth-order valence-corrected chi connectivity index (χ4v) is 2.84. The van der Waals surface area contributed by atoms with Crippen molar-refractivity contribution < 1.29 is 14.4 Å². The van der Waals surface area contributed by atoms with Gasteiger partial charge in [0.25, 0.3) is 5.69 Å². The zero-order chi connectivity index (χ0) is 18.8. The summed E-state index contributed by atoms with van der Waals surface area (Å²) in [6.45, 7) is 0. The third-order valence-corrected chi connectivity index (χ3v) is 4.13. The Bertz CT molecular complexity index is 1180. The van der Waals surface area contributed by atoms with E-state index in [1.54, 1.807) is 54.6 Å². The molecule has 6 heteroatoms. The number of nitrogens with zero attached hydrogens (tertiary/aromatic N) is 2. The maximum Gasteiger partial charge on any atom is 0.280 e. The summed E-state index contributed by atoms with van der Waals surface area (Å²) < 4.78 is 5.73. The van der Waals surface area contributed by atoms with Crippen LogP contribution in [0.25, 0.3) is 34.4 Å². The number of para-hydroxylation sites is 2. The highest BCUT2D eigenvalue weighted by atomic mass is 16.6. The van der Waals surface area contributed by atoms with Crippen molar-refractivity contribution in [2.24, 2.45) is 0 Å². The zero-order valence-electron chi connectivity index (χ0n) is 14.1. The number of aromatic hydroxyl groups is 1. The van der Waals surface area contributed by atoms with Gasteiger partial charge in [0.05, 0.1) is 16.2 Å². The summed E-state index contributed by atoms with van der Waals surface area (Å²) >= 11 is 0.